The lowest BCUT2D eigenvalue weighted by Crippen LogP contribution is -2.15. The second-order valence-electron chi connectivity index (χ2n) is 5.71. The Morgan fingerprint density at radius 3 is 2.64 bits per heavy atom. The molecule has 0 spiro atoms. The van der Waals surface area contributed by atoms with Crippen molar-refractivity contribution >= 4 is 5.97 Å². The first-order valence-electron chi connectivity index (χ1n) is 7.97. The van der Waals surface area contributed by atoms with E-state index >= 15 is 0 Å². The summed E-state index contributed by atoms with van der Waals surface area (Å²) in [7, 11) is 0. The number of oxazole rings is 1. The van der Waals surface area contributed by atoms with Crippen LogP contribution >= 0.6 is 0 Å². The third kappa shape index (κ3) is 4.47. The van der Waals surface area contributed by atoms with Gasteiger partial charge in [-0.1, -0.05) is 24.3 Å². The zero-order chi connectivity index (χ0) is 17.6. The molecule has 0 saturated heterocycles. The second-order valence-corrected chi connectivity index (χ2v) is 5.71. The minimum Gasteiger partial charge on any atom is -0.482 e. The lowest BCUT2D eigenvalue weighted by atomic mass is 10.1. The van der Waals surface area contributed by atoms with E-state index in [0.717, 1.165) is 11.1 Å². The zero-order valence-electron chi connectivity index (χ0n) is 14.2. The van der Waals surface area contributed by atoms with E-state index in [1.54, 1.807) is 0 Å². The maximum Gasteiger partial charge on any atom is 0.344 e. The lowest BCUT2D eigenvalue weighted by molar-refractivity contribution is -0.147. The van der Waals surface area contributed by atoms with Gasteiger partial charge in [0.25, 0.3) is 0 Å². The number of hydrogen-bond donors (Lipinski definition) is 0. The van der Waals surface area contributed by atoms with Gasteiger partial charge in [0.05, 0.1) is 0 Å². The molecular formula is C20H19NO4. The van der Waals surface area contributed by atoms with Crippen molar-refractivity contribution in [1.29, 1.82) is 0 Å². The number of carbonyl (C=O) groups is 1. The van der Waals surface area contributed by atoms with Crippen LogP contribution in [0.25, 0.3) is 11.5 Å². The molecule has 0 bridgehead atoms. The van der Waals surface area contributed by atoms with Gasteiger partial charge in [-0.25, -0.2) is 9.78 Å². The van der Waals surface area contributed by atoms with Gasteiger partial charge in [0.2, 0.25) is 5.89 Å². The molecule has 0 radical (unpaired) electrons. The summed E-state index contributed by atoms with van der Waals surface area (Å²) < 4.78 is 16.0. The first-order valence-corrected chi connectivity index (χ1v) is 7.97. The summed E-state index contributed by atoms with van der Waals surface area (Å²) in [6, 6.07) is 15.2. The molecule has 3 rings (SSSR count). The van der Waals surface area contributed by atoms with Crippen molar-refractivity contribution in [3.8, 4) is 17.2 Å². The van der Waals surface area contributed by atoms with Gasteiger partial charge in [-0.15, -0.1) is 0 Å². The van der Waals surface area contributed by atoms with E-state index in [9.17, 15) is 4.79 Å². The molecule has 0 unspecified atom stereocenters. The minimum absolute atomic E-state index is 0.0471. The number of rotatable bonds is 6. The molecule has 0 saturated carbocycles. The van der Waals surface area contributed by atoms with Crippen LogP contribution in [0.4, 0.5) is 0 Å². The Labute approximate surface area is 146 Å². The van der Waals surface area contributed by atoms with Crippen molar-refractivity contribution in [3.05, 3.63) is 71.6 Å². The molecule has 0 aliphatic rings. The van der Waals surface area contributed by atoms with Crippen LogP contribution in [-0.2, 0) is 16.1 Å². The largest absolute Gasteiger partial charge is 0.482 e. The summed E-state index contributed by atoms with van der Waals surface area (Å²) in [6.45, 7) is 3.92. The fourth-order valence-electron chi connectivity index (χ4n) is 2.23. The number of esters is 1. The fraction of sp³-hybridized carbons (Fsp3) is 0.200. The number of ether oxygens (including phenoxy) is 2. The molecule has 0 amide bonds. The number of benzene rings is 2. The predicted molar refractivity (Wildman–Crippen MR) is 93.1 cm³/mol. The summed E-state index contributed by atoms with van der Waals surface area (Å²) in [5, 5.41) is 0. The van der Waals surface area contributed by atoms with E-state index in [2.05, 4.69) is 4.98 Å². The number of aryl methyl sites for hydroxylation is 2. The van der Waals surface area contributed by atoms with Crippen LogP contribution in [0.5, 0.6) is 5.75 Å². The highest BCUT2D eigenvalue weighted by Gasteiger charge is 2.10. The van der Waals surface area contributed by atoms with Crippen LogP contribution in [0, 0.1) is 13.8 Å². The molecule has 128 valence electrons. The van der Waals surface area contributed by atoms with Crippen LogP contribution in [0.15, 0.2) is 59.2 Å². The quantitative estimate of drug-likeness (QED) is 0.634. The van der Waals surface area contributed by atoms with Crippen LogP contribution in [0.1, 0.15) is 16.8 Å². The highest BCUT2D eigenvalue weighted by atomic mass is 16.6. The van der Waals surface area contributed by atoms with Crippen molar-refractivity contribution in [2.45, 2.75) is 20.5 Å². The second kappa shape index (κ2) is 7.66. The molecule has 2 aromatic carbocycles. The highest BCUT2D eigenvalue weighted by Crippen LogP contribution is 2.18. The first kappa shape index (κ1) is 16.8. The Kier molecular flexibility index (Phi) is 5.14. The first-order chi connectivity index (χ1) is 12.1. The Morgan fingerprint density at radius 2 is 1.88 bits per heavy atom. The van der Waals surface area contributed by atoms with E-state index in [0.29, 0.717) is 17.3 Å². The maximum atomic E-state index is 11.8. The molecule has 0 aliphatic heterocycles. The molecule has 1 heterocycles. The number of carbonyl (C=O) groups excluding carboxylic acids is 1. The average molecular weight is 337 g/mol. The van der Waals surface area contributed by atoms with Crippen LogP contribution in [0.3, 0.4) is 0 Å². The van der Waals surface area contributed by atoms with Gasteiger partial charge >= 0.3 is 5.97 Å². The predicted octanol–water partition coefficient (Wildman–Crippen LogP) is 4.08. The summed E-state index contributed by atoms with van der Waals surface area (Å²) in [6.07, 6.45) is 1.49. The molecule has 5 nitrogen and oxygen atoms in total. The van der Waals surface area contributed by atoms with Crippen molar-refractivity contribution < 1.29 is 18.7 Å². The molecular weight excluding hydrogens is 318 g/mol. The summed E-state index contributed by atoms with van der Waals surface area (Å²) in [4.78, 5) is 16.1. The van der Waals surface area contributed by atoms with E-state index in [4.69, 9.17) is 13.9 Å². The Bertz CT molecular complexity index is 855. The number of aromatic nitrogens is 1. The molecule has 0 atom stereocenters. The van der Waals surface area contributed by atoms with Gasteiger partial charge in [-0.3, -0.25) is 0 Å². The minimum atomic E-state index is -0.456. The fourth-order valence-corrected chi connectivity index (χ4v) is 2.23. The van der Waals surface area contributed by atoms with Crippen molar-refractivity contribution in [2.24, 2.45) is 0 Å². The van der Waals surface area contributed by atoms with Gasteiger partial charge in [0, 0.05) is 5.56 Å². The van der Waals surface area contributed by atoms with E-state index < -0.39 is 5.97 Å². The standard InChI is InChI=1S/C20H19NO4/c1-14-8-9-18(10-15(14)2)23-13-19(22)24-11-17-12-25-20(21-17)16-6-4-3-5-7-16/h3-10,12H,11,13H2,1-2H3. The van der Waals surface area contributed by atoms with Crippen molar-refractivity contribution in [1.82, 2.24) is 4.98 Å². The number of nitrogens with zero attached hydrogens (tertiary/aromatic N) is 1. The normalized spacial score (nSPS) is 10.5. The van der Waals surface area contributed by atoms with Crippen LogP contribution < -0.4 is 4.74 Å². The maximum absolute atomic E-state index is 11.8. The molecule has 5 heteroatoms. The topological polar surface area (TPSA) is 61.6 Å². The van der Waals surface area contributed by atoms with Crippen LogP contribution in [0.2, 0.25) is 0 Å². The summed E-state index contributed by atoms with van der Waals surface area (Å²) in [5.74, 6) is 0.688. The Hall–Kier alpha value is -3.08. The Morgan fingerprint density at radius 1 is 1.08 bits per heavy atom. The van der Waals surface area contributed by atoms with Crippen LogP contribution in [-0.4, -0.2) is 17.6 Å². The SMILES string of the molecule is Cc1ccc(OCC(=O)OCc2coc(-c3ccccc3)n2)cc1C. The van der Waals surface area contributed by atoms with Gasteiger partial charge in [0.15, 0.2) is 6.61 Å². The number of hydrogen-bond acceptors (Lipinski definition) is 5. The monoisotopic (exact) mass is 337 g/mol. The molecule has 1 aromatic heterocycles. The van der Waals surface area contributed by atoms with Crippen molar-refractivity contribution in [3.63, 3.8) is 0 Å². The third-order valence-electron chi connectivity index (χ3n) is 3.79. The van der Waals surface area contributed by atoms with E-state index in [1.165, 1.54) is 11.8 Å². The van der Waals surface area contributed by atoms with Gasteiger partial charge in [0.1, 0.15) is 24.3 Å². The van der Waals surface area contributed by atoms with Gasteiger partial charge < -0.3 is 13.9 Å². The molecule has 0 aliphatic carbocycles. The smallest absolute Gasteiger partial charge is 0.344 e. The molecule has 3 aromatic rings. The zero-order valence-corrected chi connectivity index (χ0v) is 14.2. The van der Waals surface area contributed by atoms with Crippen molar-refractivity contribution in [2.75, 3.05) is 6.61 Å². The molecule has 0 fully saturated rings. The Balaban J connectivity index is 1.49. The highest BCUT2D eigenvalue weighted by molar-refractivity contribution is 5.71. The average Bonchev–Trinajstić information content (AvgIpc) is 3.11. The van der Waals surface area contributed by atoms with E-state index in [-0.39, 0.29) is 13.2 Å². The summed E-state index contributed by atoms with van der Waals surface area (Å²) in [5.41, 5.74) is 3.72. The molecule has 0 N–H and O–H groups in total. The van der Waals surface area contributed by atoms with Gasteiger partial charge in [-0.05, 0) is 49.2 Å². The molecule has 25 heavy (non-hydrogen) atoms. The lowest BCUT2D eigenvalue weighted by Gasteiger charge is -2.08. The van der Waals surface area contributed by atoms with Gasteiger partial charge in [-0.2, -0.15) is 0 Å². The third-order valence-corrected chi connectivity index (χ3v) is 3.79. The van der Waals surface area contributed by atoms with E-state index in [1.807, 2.05) is 62.4 Å². The summed E-state index contributed by atoms with van der Waals surface area (Å²) >= 11 is 0.